The first kappa shape index (κ1) is 11.6. The molecule has 2 heteroatoms. The van der Waals surface area contributed by atoms with Gasteiger partial charge in [0.2, 0.25) is 0 Å². The van der Waals surface area contributed by atoms with E-state index in [-0.39, 0.29) is 0 Å². The van der Waals surface area contributed by atoms with Gasteiger partial charge in [-0.2, -0.15) is 0 Å². The van der Waals surface area contributed by atoms with E-state index in [9.17, 15) is 0 Å². The van der Waals surface area contributed by atoms with Crippen molar-refractivity contribution in [3.05, 3.63) is 35.4 Å². The Bertz CT molecular complexity index is 348. The standard InChI is InChI=1S/C14H22N2/c1-11-7-8-14(16(2)10-9-15)13-6-4-3-5-12(11)13/h3-6,11,14H,7-10,15H2,1-2H3. The van der Waals surface area contributed by atoms with Crippen LogP contribution in [0.3, 0.4) is 0 Å². The van der Waals surface area contributed by atoms with E-state index >= 15 is 0 Å². The van der Waals surface area contributed by atoms with Gasteiger partial charge >= 0.3 is 0 Å². The van der Waals surface area contributed by atoms with E-state index in [2.05, 4.69) is 43.1 Å². The highest BCUT2D eigenvalue weighted by Crippen LogP contribution is 2.39. The predicted octanol–water partition coefficient (Wildman–Crippen LogP) is 2.52. The van der Waals surface area contributed by atoms with E-state index in [4.69, 9.17) is 5.73 Å². The predicted molar refractivity (Wildman–Crippen MR) is 68.5 cm³/mol. The van der Waals surface area contributed by atoms with Crippen LogP contribution in [0.1, 0.15) is 42.9 Å². The third-order valence-corrected chi connectivity index (χ3v) is 3.77. The smallest absolute Gasteiger partial charge is 0.0348 e. The second-order valence-corrected chi connectivity index (χ2v) is 4.89. The summed E-state index contributed by atoms with van der Waals surface area (Å²) in [5, 5.41) is 0. The van der Waals surface area contributed by atoms with E-state index in [0.717, 1.165) is 13.1 Å². The fourth-order valence-corrected chi connectivity index (χ4v) is 2.80. The molecular formula is C14H22N2. The number of nitrogens with zero attached hydrogens (tertiary/aromatic N) is 1. The molecule has 0 saturated carbocycles. The van der Waals surface area contributed by atoms with E-state index in [1.807, 2.05) is 0 Å². The molecule has 88 valence electrons. The Hall–Kier alpha value is -0.860. The van der Waals surface area contributed by atoms with Crippen LogP contribution in [0.25, 0.3) is 0 Å². The SMILES string of the molecule is CC1CCC(N(C)CCN)c2ccccc21. The second-order valence-electron chi connectivity index (χ2n) is 4.89. The van der Waals surface area contributed by atoms with Gasteiger partial charge in [-0.3, -0.25) is 4.90 Å². The lowest BCUT2D eigenvalue weighted by molar-refractivity contribution is 0.221. The summed E-state index contributed by atoms with van der Waals surface area (Å²) in [6.45, 7) is 4.05. The van der Waals surface area contributed by atoms with Crippen LogP contribution in [0.4, 0.5) is 0 Å². The minimum atomic E-state index is 0.566. The Morgan fingerprint density at radius 3 is 2.62 bits per heavy atom. The van der Waals surface area contributed by atoms with Gasteiger partial charge in [0.25, 0.3) is 0 Å². The number of benzene rings is 1. The van der Waals surface area contributed by atoms with Gasteiger partial charge in [0.05, 0.1) is 0 Å². The topological polar surface area (TPSA) is 29.3 Å². The number of rotatable bonds is 3. The fourth-order valence-electron chi connectivity index (χ4n) is 2.80. The number of nitrogens with two attached hydrogens (primary N) is 1. The van der Waals surface area contributed by atoms with Crippen molar-refractivity contribution in [3.63, 3.8) is 0 Å². The van der Waals surface area contributed by atoms with Crippen LogP contribution in [-0.4, -0.2) is 25.0 Å². The van der Waals surface area contributed by atoms with Crippen molar-refractivity contribution in [2.45, 2.75) is 31.7 Å². The molecule has 0 aromatic heterocycles. The lowest BCUT2D eigenvalue weighted by Gasteiger charge is -2.35. The lowest BCUT2D eigenvalue weighted by Crippen LogP contribution is -2.32. The Labute approximate surface area is 98.4 Å². The molecule has 2 unspecified atom stereocenters. The van der Waals surface area contributed by atoms with E-state index in [1.54, 1.807) is 0 Å². The normalized spacial score (nSPS) is 24.5. The molecular weight excluding hydrogens is 196 g/mol. The molecule has 1 aromatic carbocycles. The van der Waals surface area contributed by atoms with Gasteiger partial charge in [-0.15, -0.1) is 0 Å². The Kier molecular flexibility index (Phi) is 3.62. The monoisotopic (exact) mass is 218 g/mol. The summed E-state index contributed by atoms with van der Waals surface area (Å²) in [5.41, 5.74) is 8.68. The van der Waals surface area contributed by atoms with Gasteiger partial charge < -0.3 is 5.73 Å². The van der Waals surface area contributed by atoms with Crippen LogP contribution in [0.5, 0.6) is 0 Å². The highest BCUT2D eigenvalue weighted by molar-refractivity contribution is 5.34. The maximum Gasteiger partial charge on any atom is 0.0348 e. The molecule has 16 heavy (non-hydrogen) atoms. The molecule has 0 saturated heterocycles. The van der Waals surface area contributed by atoms with Gasteiger partial charge in [0, 0.05) is 19.1 Å². The number of hydrogen-bond acceptors (Lipinski definition) is 2. The Morgan fingerprint density at radius 1 is 1.25 bits per heavy atom. The first-order valence-corrected chi connectivity index (χ1v) is 6.23. The Balaban J connectivity index is 2.27. The largest absolute Gasteiger partial charge is 0.329 e. The molecule has 0 radical (unpaired) electrons. The number of fused-ring (bicyclic) bond motifs is 1. The quantitative estimate of drug-likeness (QED) is 0.844. The van der Waals surface area contributed by atoms with Crippen LogP contribution in [-0.2, 0) is 0 Å². The van der Waals surface area contributed by atoms with Crippen molar-refractivity contribution in [1.82, 2.24) is 4.90 Å². The highest BCUT2D eigenvalue weighted by Gasteiger charge is 2.26. The summed E-state index contributed by atoms with van der Waals surface area (Å²) in [6.07, 6.45) is 2.55. The average Bonchev–Trinajstić information content (AvgIpc) is 2.30. The van der Waals surface area contributed by atoms with Crippen molar-refractivity contribution >= 4 is 0 Å². The van der Waals surface area contributed by atoms with Crippen molar-refractivity contribution in [1.29, 1.82) is 0 Å². The maximum atomic E-state index is 5.64. The highest BCUT2D eigenvalue weighted by atomic mass is 15.1. The molecule has 0 amide bonds. The summed E-state index contributed by atoms with van der Waals surface area (Å²) in [4.78, 5) is 2.39. The molecule has 0 bridgehead atoms. The minimum absolute atomic E-state index is 0.566. The molecule has 2 rings (SSSR count). The summed E-state index contributed by atoms with van der Waals surface area (Å²) in [7, 11) is 2.18. The molecule has 0 aliphatic heterocycles. The molecule has 0 heterocycles. The zero-order valence-corrected chi connectivity index (χ0v) is 10.3. The molecule has 2 atom stereocenters. The third-order valence-electron chi connectivity index (χ3n) is 3.77. The lowest BCUT2D eigenvalue weighted by atomic mass is 9.80. The van der Waals surface area contributed by atoms with Gasteiger partial charge in [0.15, 0.2) is 0 Å². The third kappa shape index (κ3) is 2.13. The van der Waals surface area contributed by atoms with E-state index < -0.39 is 0 Å². The number of hydrogen-bond donors (Lipinski definition) is 1. The molecule has 0 spiro atoms. The second kappa shape index (κ2) is 4.98. The van der Waals surface area contributed by atoms with Crippen LogP contribution in [0, 0.1) is 0 Å². The first-order valence-electron chi connectivity index (χ1n) is 6.23. The van der Waals surface area contributed by atoms with E-state index in [0.29, 0.717) is 12.0 Å². The summed E-state index contributed by atoms with van der Waals surface area (Å²) < 4.78 is 0. The summed E-state index contributed by atoms with van der Waals surface area (Å²) >= 11 is 0. The molecule has 0 fully saturated rings. The van der Waals surface area contributed by atoms with Crippen LogP contribution in [0.15, 0.2) is 24.3 Å². The van der Waals surface area contributed by atoms with Crippen LogP contribution < -0.4 is 5.73 Å². The molecule has 1 aliphatic carbocycles. The van der Waals surface area contributed by atoms with Gasteiger partial charge in [0.1, 0.15) is 0 Å². The van der Waals surface area contributed by atoms with Crippen LogP contribution >= 0.6 is 0 Å². The fraction of sp³-hybridized carbons (Fsp3) is 0.571. The maximum absolute atomic E-state index is 5.64. The van der Waals surface area contributed by atoms with Crippen molar-refractivity contribution < 1.29 is 0 Å². The van der Waals surface area contributed by atoms with Crippen LogP contribution in [0.2, 0.25) is 0 Å². The zero-order valence-electron chi connectivity index (χ0n) is 10.3. The number of likely N-dealkylation sites (N-methyl/N-ethyl adjacent to an activating group) is 1. The van der Waals surface area contributed by atoms with Gasteiger partial charge in [-0.25, -0.2) is 0 Å². The summed E-state index contributed by atoms with van der Waals surface area (Å²) in [5.74, 6) is 0.707. The van der Waals surface area contributed by atoms with Gasteiger partial charge in [-0.05, 0) is 36.9 Å². The van der Waals surface area contributed by atoms with Crippen molar-refractivity contribution in [3.8, 4) is 0 Å². The molecule has 1 aliphatic rings. The van der Waals surface area contributed by atoms with Crippen molar-refractivity contribution in [2.24, 2.45) is 5.73 Å². The molecule has 1 aromatic rings. The Morgan fingerprint density at radius 2 is 1.94 bits per heavy atom. The average molecular weight is 218 g/mol. The molecule has 2 N–H and O–H groups in total. The zero-order chi connectivity index (χ0) is 11.5. The minimum Gasteiger partial charge on any atom is -0.329 e. The van der Waals surface area contributed by atoms with E-state index in [1.165, 1.54) is 24.0 Å². The molecule has 2 nitrogen and oxygen atoms in total. The van der Waals surface area contributed by atoms with Gasteiger partial charge in [-0.1, -0.05) is 31.2 Å². The summed E-state index contributed by atoms with van der Waals surface area (Å²) in [6, 6.07) is 9.43. The first-order chi connectivity index (χ1) is 7.74. The van der Waals surface area contributed by atoms with Crippen molar-refractivity contribution in [2.75, 3.05) is 20.1 Å².